The summed E-state index contributed by atoms with van der Waals surface area (Å²) in [5.74, 6) is 0.523. The van der Waals surface area contributed by atoms with E-state index in [1.807, 2.05) is 36.4 Å². The number of methoxy groups -OCH3 is 1. The number of halogens is 1. The second-order valence-corrected chi connectivity index (χ2v) is 6.84. The molecule has 0 atom stereocenters. The Hall–Kier alpha value is -2.34. The molecule has 1 aliphatic rings. The summed E-state index contributed by atoms with van der Waals surface area (Å²) >= 11 is 3.46. The van der Waals surface area contributed by atoms with Crippen LogP contribution in [0, 0.1) is 0 Å². The fourth-order valence-electron chi connectivity index (χ4n) is 3.15. The SMILES string of the molecule is COc1ccccc1CC(=O)N1CCc2cc(Br)cc(NC(C)=O)c21. The van der Waals surface area contributed by atoms with Crippen LogP contribution in [0.3, 0.4) is 0 Å². The number of rotatable bonds is 4. The van der Waals surface area contributed by atoms with E-state index in [1.54, 1.807) is 12.0 Å². The Morgan fingerprint density at radius 1 is 1.28 bits per heavy atom. The van der Waals surface area contributed by atoms with E-state index >= 15 is 0 Å². The second-order valence-electron chi connectivity index (χ2n) is 5.93. The monoisotopic (exact) mass is 402 g/mol. The highest BCUT2D eigenvalue weighted by molar-refractivity contribution is 9.10. The van der Waals surface area contributed by atoms with Crippen molar-refractivity contribution in [3.8, 4) is 5.75 Å². The molecule has 0 radical (unpaired) electrons. The number of para-hydroxylation sites is 1. The van der Waals surface area contributed by atoms with Gasteiger partial charge in [0.1, 0.15) is 5.75 Å². The summed E-state index contributed by atoms with van der Waals surface area (Å²) in [6.45, 7) is 2.07. The van der Waals surface area contributed by atoms with Crippen molar-refractivity contribution in [2.24, 2.45) is 0 Å². The van der Waals surface area contributed by atoms with E-state index in [0.29, 0.717) is 18.0 Å². The van der Waals surface area contributed by atoms with Gasteiger partial charge >= 0.3 is 0 Å². The van der Waals surface area contributed by atoms with Crippen LogP contribution >= 0.6 is 15.9 Å². The lowest BCUT2D eigenvalue weighted by molar-refractivity contribution is -0.118. The minimum absolute atomic E-state index is 0.0165. The van der Waals surface area contributed by atoms with Gasteiger partial charge in [-0.2, -0.15) is 0 Å². The maximum atomic E-state index is 12.9. The fourth-order valence-corrected chi connectivity index (χ4v) is 3.66. The van der Waals surface area contributed by atoms with Crippen LogP contribution in [0.5, 0.6) is 5.75 Å². The fraction of sp³-hybridized carbons (Fsp3) is 0.263. The van der Waals surface area contributed by atoms with Crippen molar-refractivity contribution in [2.45, 2.75) is 19.8 Å². The van der Waals surface area contributed by atoms with Crippen LogP contribution in [0.2, 0.25) is 0 Å². The summed E-state index contributed by atoms with van der Waals surface area (Å²) in [7, 11) is 1.60. The lowest BCUT2D eigenvalue weighted by Gasteiger charge is -2.21. The van der Waals surface area contributed by atoms with Crippen LogP contribution in [-0.4, -0.2) is 25.5 Å². The molecule has 1 heterocycles. The molecule has 0 aromatic heterocycles. The molecule has 1 N–H and O–H groups in total. The van der Waals surface area contributed by atoms with Crippen LogP contribution < -0.4 is 15.0 Å². The Morgan fingerprint density at radius 2 is 2.04 bits per heavy atom. The number of carbonyl (C=O) groups excluding carboxylic acids is 2. The summed E-state index contributed by atoms with van der Waals surface area (Å²) in [5, 5.41) is 2.83. The predicted molar refractivity (Wildman–Crippen MR) is 101 cm³/mol. The molecular formula is C19H19BrN2O3. The third-order valence-corrected chi connectivity index (χ3v) is 4.63. The predicted octanol–water partition coefficient (Wildman–Crippen LogP) is 3.55. The molecule has 130 valence electrons. The van der Waals surface area contributed by atoms with E-state index in [1.165, 1.54) is 6.92 Å². The third kappa shape index (κ3) is 3.69. The van der Waals surface area contributed by atoms with E-state index in [4.69, 9.17) is 4.74 Å². The Morgan fingerprint density at radius 3 is 2.76 bits per heavy atom. The first kappa shape index (κ1) is 17.5. The number of anilines is 2. The molecule has 2 aromatic rings. The Labute approximate surface area is 155 Å². The van der Waals surface area contributed by atoms with Gasteiger partial charge in [-0.1, -0.05) is 34.1 Å². The number of hydrogen-bond acceptors (Lipinski definition) is 3. The number of hydrogen-bond donors (Lipinski definition) is 1. The van der Waals surface area contributed by atoms with E-state index in [9.17, 15) is 9.59 Å². The molecule has 0 saturated carbocycles. The third-order valence-electron chi connectivity index (χ3n) is 4.17. The standard InChI is InChI=1S/C19H19BrN2O3/c1-12(23)21-16-11-15(20)9-14-7-8-22(19(14)16)18(24)10-13-5-3-4-6-17(13)25-2/h3-6,9,11H,7-8,10H2,1-2H3,(H,21,23). The van der Waals surface area contributed by atoms with Crippen LogP contribution in [0.15, 0.2) is 40.9 Å². The molecule has 0 bridgehead atoms. The zero-order valence-corrected chi connectivity index (χ0v) is 15.7. The molecule has 25 heavy (non-hydrogen) atoms. The molecule has 0 unspecified atom stereocenters. The van der Waals surface area contributed by atoms with Crippen molar-refractivity contribution in [1.82, 2.24) is 0 Å². The van der Waals surface area contributed by atoms with Crippen molar-refractivity contribution in [2.75, 3.05) is 23.9 Å². The molecule has 0 aliphatic carbocycles. The molecule has 5 nitrogen and oxygen atoms in total. The molecule has 0 saturated heterocycles. The van der Waals surface area contributed by atoms with Gasteiger partial charge in [-0.05, 0) is 30.2 Å². The summed E-state index contributed by atoms with van der Waals surface area (Å²) in [6, 6.07) is 11.3. The van der Waals surface area contributed by atoms with Gasteiger partial charge in [0, 0.05) is 23.5 Å². The minimum atomic E-state index is -0.163. The maximum Gasteiger partial charge on any atom is 0.231 e. The summed E-state index contributed by atoms with van der Waals surface area (Å²) < 4.78 is 6.22. The van der Waals surface area contributed by atoms with Gasteiger partial charge in [0.25, 0.3) is 0 Å². The Balaban J connectivity index is 1.91. The van der Waals surface area contributed by atoms with Crippen molar-refractivity contribution < 1.29 is 14.3 Å². The number of nitrogens with one attached hydrogen (secondary N) is 1. The highest BCUT2D eigenvalue weighted by Gasteiger charge is 2.28. The zero-order chi connectivity index (χ0) is 18.0. The molecule has 0 spiro atoms. The quantitative estimate of drug-likeness (QED) is 0.850. The first-order valence-corrected chi connectivity index (χ1v) is 8.81. The van der Waals surface area contributed by atoms with Crippen LogP contribution in [0.4, 0.5) is 11.4 Å². The lowest BCUT2D eigenvalue weighted by atomic mass is 10.1. The van der Waals surface area contributed by atoms with Gasteiger partial charge in [0.2, 0.25) is 11.8 Å². The summed E-state index contributed by atoms with van der Waals surface area (Å²) in [4.78, 5) is 26.2. The summed E-state index contributed by atoms with van der Waals surface area (Å²) in [6.07, 6.45) is 1.01. The number of benzene rings is 2. The molecule has 6 heteroatoms. The largest absolute Gasteiger partial charge is 0.496 e. The molecule has 0 fully saturated rings. The molecule has 3 rings (SSSR count). The van der Waals surface area contributed by atoms with Crippen LogP contribution in [0.1, 0.15) is 18.1 Å². The average Bonchev–Trinajstić information content (AvgIpc) is 2.98. The van der Waals surface area contributed by atoms with E-state index in [0.717, 1.165) is 27.7 Å². The lowest BCUT2D eigenvalue weighted by Crippen LogP contribution is -2.31. The van der Waals surface area contributed by atoms with Gasteiger partial charge in [0.15, 0.2) is 0 Å². The van der Waals surface area contributed by atoms with Crippen molar-refractivity contribution in [3.63, 3.8) is 0 Å². The highest BCUT2D eigenvalue weighted by atomic mass is 79.9. The number of nitrogens with zero attached hydrogens (tertiary/aromatic N) is 1. The number of amides is 2. The first-order chi connectivity index (χ1) is 12.0. The Kier molecular flexibility index (Phi) is 5.08. The highest BCUT2D eigenvalue weighted by Crippen LogP contribution is 2.39. The Bertz CT molecular complexity index is 835. The normalized spacial score (nSPS) is 12.7. The zero-order valence-electron chi connectivity index (χ0n) is 14.1. The van der Waals surface area contributed by atoms with E-state index in [2.05, 4.69) is 21.2 Å². The maximum absolute atomic E-state index is 12.9. The van der Waals surface area contributed by atoms with Gasteiger partial charge in [0.05, 0.1) is 24.9 Å². The van der Waals surface area contributed by atoms with Crippen molar-refractivity contribution in [3.05, 3.63) is 52.0 Å². The van der Waals surface area contributed by atoms with Crippen LogP contribution in [-0.2, 0) is 22.4 Å². The van der Waals surface area contributed by atoms with Crippen LogP contribution in [0.25, 0.3) is 0 Å². The van der Waals surface area contributed by atoms with E-state index in [-0.39, 0.29) is 18.2 Å². The van der Waals surface area contributed by atoms with Gasteiger partial charge in [-0.25, -0.2) is 0 Å². The average molecular weight is 403 g/mol. The smallest absolute Gasteiger partial charge is 0.231 e. The number of ether oxygens (including phenoxy) is 1. The molecule has 1 aliphatic heterocycles. The van der Waals surface area contributed by atoms with Crippen molar-refractivity contribution in [1.29, 1.82) is 0 Å². The molecular weight excluding hydrogens is 384 g/mol. The van der Waals surface area contributed by atoms with Crippen molar-refractivity contribution >= 4 is 39.1 Å². The molecule has 2 amide bonds. The molecule has 2 aromatic carbocycles. The minimum Gasteiger partial charge on any atom is -0.496 e. The number of carbonyl (C=O) groups is 2. The first-order valence-electron chi connectivity index (χ1n) is 8.02. The number of fused-ring (bicyclic) bond motifs is 1. The van der Waals surface area contributed by atoms with Gasteiger partial charge < -0.3 is 15.0 Å². The van der Waals surface area contributed by atoms with Gasteiger partial charge in [-0.15, -0.1) is 0 Å². The summed E-state index contributed by atoms with van der Waals surface area (Å²) in [5.41, 5.74) is 3.34. The topological polar surface area (TPSA) is 58.6 Å². The van der Waals surface area contributed by atoms with E-state index < -0.39 is 0 Å². The second kappa shape index (κ2) is 7.27. The van der Waals surface area contributed by atoms with Gasteiger partial charge in [-0.3, -0.25) is 9.59 Å².